The Labute approximate surface area is 141 Å². The van der Waals surface area contributed by atoms with Crippen molar-refractivity contribution in [2.45, 2.75) is 38.5 Å². The van der Waals surface area contributed by atoms with Crippen LogP contribution in [0.1, 0.15) is 38.5 Å². The molecule has 128 valence electrons. The van der Waals surface area contributed by atoms with E-state index in [0.717, 1.165) is 25.0 Å². The highest BCUT2D eigenvalue weighted by Crippen LogP contribution is 2.19. The molecule has 0 aromatic heterocycles. The normalized spacial score (nSPS) is 17.8. The van der Waals surface area contributed by atoms with Gasteiger partial charge in [0.05, 0.1) is 6.42 Å². The lowest BCUT2D eigenvalue weighted by molar-refractivity contribution is -0.148. The molecular formula is C16H24N2O4S. The summed E-state index contributed by atoms with van der Waals surface area (Å²) in [6, 6.07) is 0. The maximum Gasteiger partial charge on any atom is 0.308 e. The van der Waals surface area contributed by atoms with Gasteiger partial charge in [0.15, 0.2) is 6.61 Å². The van der Waals surface area contributed by atoms with E-state index in [4.69, 9.17) is 4.74 Å². The number of amides is 2. The second-order valence-electron chi connectivity index (χ2n) is 5.72. The Balaban J connectivity index is 1.52. The molecule has 6 nitrogen and oxygen atoms in total. The van der Waals surface area contributed by atoms with E-state index in [1.807, 2.05) is 0 Å². The minimum absolute atomic E-state index is 0.00700. The van der Waals surface area contributed by atoms with E-state index in [1.165, 1.54) is 30.2 Å². The molecule has 0 aromatic carbocycles. The molecule has 1 saturated heterocycles. The summed E-state index contributed by atoms with van der Waals surface area (Å²) in [5.41, 5.74) is 1.40. The van der Waals surface area contributed by atoms with Crippen molar-refractivity contribution in [2.75, 3.05) is 32.0 Å². The summed E-state index contributed by atoms with van der Waals surface area (Å²) >= 11 is 1.26. The fourth-order valence-electron chi connectivity index (χ4n) is 2.62. The van der Waals surface area contributed by atoms with Crippen LogP contribution in [0.25, 0.3) is 0 Å². The molecule has 2 amide bonds. The molecule has 1 heterocycles. The first kappa shape index (κ1) is 17.8. The molecule has 0 aromatic rings. The van der Waals surface area contributed by atoms with Crippen LogP contribution in [-0.4, -0.2) is 54.0 Å². The lowest BCUT2D eigenvalue weighted by Crippen LogP contribution is -2.31. The van der Waals surface area contributed by atoms with Crippen LogP contribution in [0, 0.1) is 0 Å². The molecule has 1 aliphatic carbocycles. The van der Waals surface area contributed by atoms with Crippen LogP contribution in [0.3, 0.4) is 0 Å². The highest BCUT2D eigenvalue weighted by atomic mass is 32.2. The Bertz CT molecular complexity index is 479. The second kappa shape index (κ2) is 9.60. The van der Waals surface area contributed by atoms with Gasteiger partial charge in [0, 0.05) is 25.4 Å². The number of nitrogens with zero attached hydrogens (tertiary/aromatic N) is 1. The smallest absolute Gasteiger partial charge is 0.308 e. The maximum absolute atomic E-state index is 11.6. The second-order valence-corrected chi connectivity index (χ2v) is 6.77. The monoisotopic (exact) mass is 340 g/mol. The number of carbonyl (C=O) groups excluding carboxylic acids is 3. The van der Waals surface area contributed by atoms with E-state index < -0.39 is 5.97 Å². The van der Waals surface area contributed by atoms with Crippen molar-refractivity contribution in [3.63, 3.8) is 0 Å². The van der Waals surface area contributed by atoms with Gasteiger partial charge in [-0.25, -0.2) is 0 Å². The predicted octanol–water partition coefficient (Wildman–Crippen LogP) is 2.10. The summed E-state index contributed by atoms with van der Waals surface area (Å²) in [6.07, 6.45) is 8.01. The maximum atomic E-state index is 11.6. The first-order valence-corrected chi connectivity index (χ1v) is 9.15. The molecule has 1 fully saturated rings. The lowest BCUT2D eigenvalue weighted by atomic mass is 9.97. The van der Waals surface area contributed by atoms with Crippen molar-refractivity contribution in [2.24, 2.45) is 0 Å². The Hall–Kier alpha value is -1.50. The average molecular weight is 340 g/mol. The van der Waals surface area contributed by atoms with E-state index in [0.29, 0.717) is 19.6 Å². The number of thioether (sulfide) groups is 1. The number of carbonyl (C=O) groups is 3. The van der Waals surface area contributed by atoms with Gasteiger partial charge in [0.1, 0.15) is 0 Å². The molecule has 0 saturated carbocycles. The first-order valence-electron chi connectivity index (χ1n) is 8.17. The zero-order chi connectivity index (χ0) is 16.5. The number of hydrogen-bond donors (Lipinski definition) is 1. The van der Waals surface area contributed by atoms with Crippen molar-refractivity contribution >= 4 is 28.9 Å². The Morgan fingerprint density at radius 1 is 1.35 bits per heavy atom. The topological polar surface area (TPSA) is 75.7 Å². The summed E-state index contributed by atoms with van der Waals surface area (Å²) in [5, 5.41) is 2.77. The molecular weight excluding hydrogens is 316 g/mol. The Morgan fingerprint density at radius 2 is 2.22 bits per heavy atom. The average Bonchev–Trinajstić information content (AvgIpc) is 2.97. The fraction of sp³-hybridized carbons (Fsp3) is 0.688. The van der Waals surface area contributed by atoms with E-state index in [1.54, 1.807) is 4.90 Å². The SMILES string of the molecule is O=C(COC(=O)CCN1CCSC1=O)NCCC1=CCCCC1. The minimum Gasteiger partial charge on any atom is -0.456 e. The van der Waals surface area contributed by atoms with E-state index >= 15 is 0 Å². The van der Waals surface area contributed by atoms with Crippen LogP contribution in [0.2, 0.25) is 0 Å². The van der Waals surface area contributed by atoms with Crippen LogP contribution < -0.4 is 5.32 Å². The van der Waals surface area contributed by atoms with Crippen molar-refractivity contribution in [1.82, 2.24) is 10.2 Å². The van der Waals surface area contributed by atoms with Gasteiger partial charge in [-0.15, -0.1) is 0 Å². The Morgan fingerprint density at radius 3 is 2.91 bits per heavy atom. The van der Waals surface area contributed by atoms with Gasteiger partial charge in [-0.1, -0.05) is 23.4 Å². The van der Waals surface area contributed by atoms with Crippen LogP contribution in [0.4, 0.5) is 4.79 Å². The number of rotatable bonds is 8. The third kappa shape index (κ3) is 6.64. The predicted molar refractivity (Wildman–Crippen MR) is 89.2 cm³/mol. The molecule has 7 heteroatoms. The quantitative estimate of drug-likeness (QED) is 0.541. The summed E-state index contributed by atoms with van der Waals surface area (Å²) < 4.78 is 4.93. The van der Waals surface area contributed by atoms with Gasteiger partial charge in [-0.3, -0.25) is 14.4 Å². The Kier molecular flexibility index (Phi) is 7.45. The largest absolute Gasteiger partial charge is 0.456 e. The minimum atomic E-state index is -0.445. The van der Waals surface area contributed by atoms with Crippen molar-refractivity contribution in [3.8, 4) is 0 Å². The number of nitrogens with one attached hydrogen (secondary N) is 1. The van der Waals surface area contributed by atoms with Crippen LogP contribution in [0.15, 0.2) is 11.6 Å². The summed E-state index contributed by atoms with van der Waals surface area (Å²) in [7, 11) is 0. The third-order valence-electron chi connectivity index (χ3n) is 3.95. The molecule has 0 spiro atoms. The number of allylic oxidation sites excluding steroid dienone is 1. The van der Waals surface area contributed by atoms with Crippen molar-refractivity contribution in [3.05, 3.63) is 11.6 Å². The van der Waals surface area contributed by atoms with Gasteiger partial charge in [0.2, 0.25) is 0 Å². The molecule has 0 radical (unpaired) electrons. The van der Waals surface area contributed by atoms with Gasteiger partial charge in [-0.2, -0.15) is 0 Å². The third-order valence-corrected chi connectivity index (χ3v) is 4.84. The van der Waals surface area contributed by atoms with E-state index in [2.05, 4.69) is 11.4 Å². The number of esters is 1. The zero-order valence-corrected chi connectivity index (χ0v) is 14.2. The van der Waals surface area contributed by atoms with Gasteiger partial charge < -0.3 is 15.0 Å². The van der Waals surface area contributed by atoms with Crippen LogP contribution >= 0.6 is 11.8 Å². The van der Waals surface area contributed by atoms with Crippen molar-refractivity contribution in [1.29, 1.82) is 0 Å². The zero-order valence-electron chi connectivity index (χ0n) is 13.3. The lowest BCUT2D eigenvalue weighted by Gasteiger charge is -2.14. The molecule has 1 N–H and O–H groups in total. The molecule has 1 aliphatic heterocycles. The highest BCUT2D eigenvalue weighted by Gasteiger charge is 2.21. The molecule has 23 heavy (non-hydrogen) atoms. The molecule has 0 unspecified atom stereocenters. The van der Waals surface area contributed by atoms with Gasteiger partial charge in [-0.05, 0) is 32.1 Å². The standard InChI is InChI=1S/C16H24N2O4S/c19-14(17-8-6-13-4-2-1-3-5-13)12-22-15(20)7-9-18-10-11-23-16(18)21/h4H,1-3,5-12H2,(H,17,19). The number of ether oxygens (including phenoxy) is 1. The highest BCUT2D eigenvalue weighted by molar-refractivity contribution is 8.13. The summed E-state index contributed by atoms with van der Waals surface area (Å²) in [4.78, 5) is 36.2. The van der Waals surface area contributed by atoms with Gasteiger partial charge in [0.25, 0.3) is 11.1 Å². The molecule has 0 bridgehead atoms. The molecule has 0 atom stereocenters. The summed E-state index contributed by atoms with van der Waals surface area (Å²) in [6.45, 7) is 1.37. The van der Waals surface area contributed by atoms with Crippen molar-refractivity contribution < 1.29 is 19.1 Å². The van der Waals surface area contributed by atoms with Crippen LogP contribution in [-0.2, 0) is 14.3 Å². The van der Waals surface area contributed by atoms with Crippen LogP contribution in [0.5, 0.6) is 0 Å². The fourth-order valence-corrected chi connectivity index (χ4v) is 3.47. The van der Waals surface area contributed by atoms with E-state index in [9.17, 15) is 14.4 Å². The summed E-state index contributed by atoms with van der Waals surface area (Å²) in [5.74, 6) is 0.0506. The van der Waals surface area contributed by atoms with Gasteiger partial charge >= 0.3 is 5.97 Å². The molecule has 2 rings (SSSR count). The molecule has 2 aliphatic rings. The number of hydrogen-bond acceptors (Lipinski definition) is 5. The van der Waals surface area contributed by atoms with E-state index in [-0.39, 0.29) is 24.2 Å². The first-order chi connectivity index (χ1) is 11.1.